The highest BCUT2D eigenvalue weighted by Crippen LogP contribution is 2.34. The van der Waals surface area contributed by atoms with Gasteiger partial charge in [0.25, 0.3) is 23.6 Å². The van der Waals surface area contributed by atoms with E-state index in [-0.39, 0.29) is 43.1 Å². The first-order valence-electron chi connectivity index (χ1n) is 22.0. The van der Waals surface area contributed by atoms with E-state index in [1.807, 2.05) is 67.3 Å². The SMILES string of the molecule is C.CNC(=O)c1ccc(-c2cnn3ccc(C(=O)N(c4ccc(C)cn4)C4CC4)cc23)cc1.CNC(=O)c1ccc(B(O)O)cc1.Cc1ccc(N(C(=O)c2ccn3ncc(Br)c3c2)C2CC2)nc1. The van der Waals surface area contributed by atoms with Crippen LogP contribution in [0.4, 0.5) is 11.6 Å². The minimum Gasteiger partial charge on any atom is -0.423 e. The van der Waals surface area contributed by atoms with Gasteiger partial charge in [-0.1, -0.05) is 43.8 Å². The van der Waals surface area contributed by atoms with Crippen molar-refractivity contribution in [2.45, 2.75) is 59.0 Å². The van der Waals surface area contributed by atoms with Crippen molar-refractivity contribution in [1.29, 1.82) is 0 Å². The monoisotopic (exact) mass is 990 g/mol. The number of aromatic nitrogens is 6. The van der Waals surface area contributed by atoms with Crippen molar-refractivity contribution in [1.82, 2.24) is 39.8 Å². The molecule has 2 aliphatic carbocycles. The molecule has 4 N–H and O–H groups in total. The smallest absolute Gasteiger partial charge is 0.423 e. The summed E-state index contributed by atoms with van der Waals surface area (Å²) in [4.78, 5) is 61.9. The second kappa shape index (κ2) is 21.6. The number of nitrogens with zero attached hydrogens (tertiary/aromatic N) is 8. The maximum atomic E-state index is 13.5. The molecule has 0 radical (unpaired) electrons. The van der Waals surface area contributed by atoms with Crippen molar-refractivity contribution in [2.75, 3.05) is 23.9 Å². The largest absolute Gasteiger partial charge is 0.488 e. The van der Waals surface area contributed by atoms with Gasteiger partial charge in [-0.05, 0) is 138 Å². The average Bonchev–Trinajstić information content (AvgIpc) is 4.31. The molecule has 18 heteroatoms. The molecule has 2 fully saturated rings. The second-order valence-electron chi connectivity index (χ2n) is 16.5. The fourth-order valence-electron chi connectivity index (χ4n) is 7.38. The Morgan fingerprint density at radius 1 is 0.609 bits per heavy atom. The standard InChI is InChI=1S/C25H23N5O2.C17H15BrN4O.C8H10BNO3.CH4/c1-16-3-10-23(27-14-16)30(20-8-9-20)25(32)19-11-12-29-22(13-19)21(15-28-29)17-4-6-18(7-5-17)24(31)26-2;1-11-2-5-16(19-9-11)22(13-3-4-13)17(23)12-6-7-21-15(8-12)14(18)10-20-21;1-10-8(11)6-2-4-7(5-3-6)9(12)13;/h3-7,10-15,20H,8-9H2,1-2H3,(H,26,31);2,5-10,13H,3-4H2,1H3;2-5,12-13H,1H3,(H,10,11);1H4. The lowest BCUT2D eigenvalue weighted by molar-refractivity contribution is 0.0955. The van der Waals surface area contributed by atoms with Gasteiger partial charge in [-0.2, -0.15) is 10.2 Å². The fraction of sp³-hybridized carbons (Fsp3) is 0.216. The molecule has 0 saturated heterocycles. The van der Waals surface area contributed by atoms with Crippen LogP contribution < -0.4 is 25.9 Å². The number of rotatable bonds is 10. The normalized spacial score (nSPS) is 12.6. The van der Waals surface area contributed by atoms with Gasteiger partial charge in [0.15, 0.2) is 0 Å². The van der Waals surface area contributed by atoms with Gasteiger partial charge in [0, 0.05) is 78.8 Å². The number of aryl methyl sites for hydroxylation is 2. The van der Waals surface area contributed by atoms with Crippen LogP contribution in [0.3, 0.4) is 0 Å². The van der Waals surface area contributed by atoms with E-state index in [1.54, 1.807) is 82.4 Å². The van der Waals surface area contributed by atoms with Crippen LogP contribution in [0, 0.1) is 13.8 Å². The minimum absolute atomic E-state index is 0. The highest BCUT2D eigenvalue weighted by Gasteiger charge is 2.36. The third-order valence-corrected chi connectivity index (χ3v) is 12.0. The lowest BCUT2D eigenvalue weighted by Crippen LogP contribution is -2.33. The quantitative estimate of drug-likeness (QED) is 0.105. The molecular weight excluding hydrogens is 939 g/mol. The van der Waals surface area contributed by atoms with Gasteiger partial charge in [0.1, 0.15) is 11.6 Å². The molecule has 352 valence electrons. The highest BCUT2D eigenvalue weighted by atomic mass is 79.9. The summed E-state index contributed by atoms with van der Waals surface area (Å²) in [6.07, 6.45) is 14.7. The zero-order chi connectivity index (χ0) is 48.1. The summed E-state index contributed by atoms with van der Waals surface area (Å²) in [5.74, 6) is 0.998. The molecule has 4 amide bonds. The number of carbonyl (C=O) groups excluding carboxylic acids is 4. The van der Waals surface area contributed by atoms with Gasteiger partial charge in [0.05, 0.1) is 27.9 Å². The molecular formula is C51H52BBrN10O6. The number of fused-ring (bicyclic) bond motifs is 2. The molecule has 10 rings (SSSR count). The topological polar surface area (TPSA) is 200 Å². The summed E-state index contributed by atoms with van der Waals surface area (Å²) in [5, 5.41) is 31.3. The van der Waals surface area contributed by atoms with Crippen LogP contribution in [-0.4, -0.2) is 96.2 Å². The Hall–Kier alpha value is -7.54. The predicted octanol–water partition coefficient (Wildman–Crippen LogP) is 6.85. The zero-order valence-electron chi connectivity index (χ0n) is 37.7. The molecule has 6 heterocycles. The van der Waals surface area contributed by atoms with Crippen LogP contribution in [-0.2, 0) is 0 Å². The molecule has 2 saturated carbocycles. The van der Waals surface area contributed by atoms with Gasteiger partial charge in [-0.15, -0.1) is 0 Å². The van der Waals surface area contributed by atoms with E-state index in [0.717, 1.165) is 69.3 Å². The number of nitrogens with one attached hydrogen (secondary N) is 2. The van der Waals surface area contributed by atoms with E-state index in [9.17, 15) is 19.2 Å². The Morgan fingerprint density at radius 3 is 1.49 bits per heavy atom. The van der Waals surface area contributed by atoms with Crippen LogP contribution in [0.15, 0.2) is 139 Å². The van der Waals surface area contributed by atoms with E-state index < -0.39 is 7.12 Å². The van der Waals surface area contributed by atoms with E-state index in [1.165, 1.54) is 31.3 Å². The van der Waals surface area contributed by atoms with Gasteiger partial charge in [-0.3, -0.25) is 29.0 Å². The Bertz CT molecular complexity index is 3100. The van der Waals surface area contributed by atoms with Crippen LogP contribution in [0.2, 0.25) is 0 Å². The number of amides is 4. The Balaban J connectivity index is 0.000000166. The third-order valence-electron chi connectivity index (χ3n) is 11.4. The molecule has 0 atom stereocenters. The molecule has 0 unspecified atom stereocenters. The first-order chi connectivity index (χ1) is 32.8. The van der Waals surface area contributed by atoms with Crippen LogP contribution in [0.25, 0.3) is 22.2 Å². The van der Waals surface area contributed by atoms with Crippen molar-refractivity contribution in [2.24, 2.45) is 0 Å². The first-order valence-corrected chi connectivity index (χ1v) is 22.8. The number of halogens is 1. The zero-order valence-corrected chi connectivity index (χ0v) is 39.3. The van der Waals surface area contributed by atoms with Crippen molar-refractivity contribution < 1.29 is 29.2 Å². The van der Waals surface area contributed by atoms with E-state index in [0.29, 0.717) is 33.5 Å². The molecule has 16 nitrogen and oxygen atoms in total. The number of carbonyl (C=O) groups is 4. The molecule has 0 spiro atoms. The van der Waals surface area contributed by atoms with Crippen molar-refractivity contribution >= 4 is 74.8 Å². The fourth-order valence-corrected chi connectivity index (χ4v) is 7.77. The molecule has 2 aliphatic rings. The lowest BCUT2D eigenvalue weighted by atomic mass is 9.80. The van der Waals surface area contributed by atoms with E-state index in [2.05, 4.69) is 46.7 Å². The van der Waals surface area contributed by atoms with Gasteiger partial charge >= 0.3 is 7.12 Å². The minimum atomic E-state index is -1.49. The number of pyridine rings is 4. The Morgan fingerprint density at radius 2 is 1.06 bits per heavy atom. The summed E-state index contributed by atoms with van der Waals surface area (Å²) in [6.45, 7) is 3.97. The first kappa shape index (κ1) is 49.4. The summed E-state index contributed by atoms with van der Waals surface area (Å²) < 4.78 is 4.37. The second-order valence-corrected chi connectivity index (χ2v) is 17.3. The van der Waals surface area contributed by atoms with E-state index in [4.69, 9.17) is 10.0 Å². The van der Waals surface area contributed by atoms with Crippen molar-refractivity contribution in [3.63, 3.8) is 0 Å². The number of anilines is 2. The average molecular weight is 992 g/mol. The summed E-state index contributed by atoms with van der Waals surface area (Å²) >= 11 is 3.46. The van der Waals surface area contributed by atoms with Crippen LogP contribution >= 0.6 is 15.9 Å². The van der Waals surface area contributed by atoms with Crippen molar-refractivity contribution in [3.8, 4) is 11.1 Å². The maximum Gasteiger partial charge on any atom is 0.488 e. The van der Waals surface area contributed by atoms with E-state index >= 15 is 0 Å². The molecule has 8 aromatic rings. The summed E-state index contributed by atoms with van der Waals surface area (Å²) in [5.41, 5.74) is 8.37. The Kier molecular flexibility index (Phi) is 15.5. The molecule has 6 aromatic heterocycles. The number of hydrogen-bond donors (Lipinski definition) is 4. The van der Waals surface area contributed by atoms with Gasteiger partial charge in [-0.25, -0.2) is 19.0 Å². The summed E-state index contributed by atoms with van der Waals surface area (Å²) in [7, 11) is 1.66. The molecule has 0 bridgehead atoms. The number of hydrogen-bond acceptors (Lipinski definition) is 10. The van der Waals surface area contributed by atoms with Gasteiger partial charge < -0.3 is 20.7 Å². The molecule has 0 aliphatic heterocycles. The van der Waals surface area contributed by atoms with Crippen LogP contribution in [0.5, 0.6) is 0 Å². The van der Waals surface area contributed by atoms with Gasteiger partial charge in [0.2, 0.25) is 0 Å². The highest BCUT2D eigenvalue weighted by molar-refractivity contribution is 9.10. The molecule has 2 aromatic carbocycles. The lowest BCUT2D eigenvalue weighted by Gasteiger charge is -2.21. The summed E-state index contributed by atoms with van der Waals surface area (Å²) in [6, 6.07) is 29.0. The molecule has 69 heavy (non-hydrogen) atoms. The van der Waals surface area contributed by atoms with Crippen molar-refractivity contribution in [3.05, 3.63) is 172 Å². The van der Waals surface area contributed by atoms with Crippen LogP contribution in [0.1, 0.15) is 85.7 Å². The predicted molar refractivity (Wildman–Crippen MR) is 271 cm³/mol. The third kappa shape index (κ3) is 11.4. The Labute approximate surface area is 408 Å². The maximum absolute atomic E-state index is 13.5. The number of benzene rings is 2.